The zero-order valence-corrected chi connectivity index (χ0v) is 7.60. The molecule has 1 aliphatic heterocycles. The van der Waals surface area contributed by atoms with Crippen molar-refractivity contribution in [3.05, 3.63) is 0 Å². The Bertz CT molecular complexity index is 142. The van der Waals surface area contributed by atoms with Crippen LogP contribution >= 0.6 is 0 Å². The van der Waals surface area contributed by atoms with E-state index >= 15 is 0 Å². The topological polar surface area (TPSA) is 52.9 Å². The van der Waals surface area contributed by atoms with E-state index in [4.69, 9.17) is 4.74 Å². The van der Waals surface area contributed by atoms with E-state index in [0.717, 1.165) is 6.54 Å². The quantitative estimate of drug-likeness (QED) is 0.568. The fourth-order valence-electron chi connectivity index (χ4n) is 1.59. The van der Waals surface area contributed by atoms with E-state index in [-0.39, 0.29) is 6.04 Å². The van der Waals surface area contributed by atoms with Gasteiger partial charge in [0.05, 0.1) is 24.9 Å². The van der Waals surface area contributed by atoms with Gasteiger partial charge < -0.3 is 14.9 Å². The molecule has 0 aromatic carbocycles. The Hall–Kier alpha value is -0.160. The molecule has 72 valence electrons. The first-order valence-corrected chi connectivity index (χ1v) is 4.22. The van der Waals surface area contributed by atoms with Gasteiger partial charge in [0.15, 0.2) is 0 Å². The Morgan fingerprint density at radius 2 is 2.17 bits per heavy atom. The molecule has 0 aromatic heterocycles. The van der Waals surface area contributed by atoms with E-state index in [1.165, 1.54) is 0 Å². The van der Waals surface area contributed by atoms with Crippen LogP contribution in [0.15, 0.2) is 0 Å². The highest BCUT2D eigenvalue weighted by Crippen LogP contribution is 2.16. The third kappa shape index (κ3) is 1.95. The molecule has 4 heteroatoms. The molecular weight excluding hydrogens is 158 g/mol. The zero-order chi connectivity index (χ0) is 9.14. The van der Waals surface area contributed by atoms with Crippen LogP contribution in [-0.2, 0) is 4.74 Å². The summed E-state index contributed by atoms with van der Waals surface area (Å²) in [5.74, 6) is 0. The summed E-state index contributed by atoms with van der Waals surface area (Å²) in [6, 6.07) is -0.0706. The minimum atomic E-state index is -0.677. The lowest BCUT2D eigenvalue weighted by atomic mass is 9.97. The number of methoxy groups -OCH3 is 1. The number of nitrogens with zero attached hydrogens (tertiary/aromatic N) is 1. The van der Waals surface area contributed by atoms with Gasteiger partial charge in [-0.3, -0.25) is 4.90 Å². The number of likely N-dealkylation sites (tertiary alicyclic amines) is 1. The summed E-state index contributed by atoms with van der Waals surface area (Å²) in [5, 5.41) is 18.9. The highest BCUT2D eigenvalue weighted by Gasteiger charge is 2.33. The molecule has 3 atom stereocenters. The molecule has 1 aliphatic rings. The van der Waals surface area contributed by atoms with Gasteiger partial charge in [-0.2, -0.15) is 0 Å². The van der Waals surface area contributed by atoms with Crippen molar-refractivity contribution in [2.75, 3.05) is 27.3 Å². The van der Waals surface area contributed by atoms with Crippen LogP contribution in [0.4, 0.5) is 0 Å². The molecule has 1 heterocycles. The predicted octanol–water partition coefficient (Wildman–Crippen LogP) is -0.941. The molecule has 12 heavy (non-hydrogen) atoms. The van der Waals surface area contributed by atoms with Gasteiger partial charge in [0, 0.05) is 13.7 Å². The molecule has 0 radical (unpaired) electrons. The molecular formula is C8H17NO3. The van der Waals surface area contributed by atoms with Crippen molar-refractivity contribution in [3.8, 4) is 0 Å². The van der Waals surface area contributed by atoms with Crippen LogP contribution in [0, 0.1) is 0 Å². The summed E-state index contributed by atoms with van der Waals surface area (Å²) >= 11 is 0. The maximum absolute atomic E-state index is 9.57. The van der Waals surface area contributed by atoms with E-state index in [0.29, 0.717) is 13.0 Å². The smallest absolute Gasteiger partial charge is 0.0976 e. The lowest BCUT2D eigenvalue weighted by molar-refractivity contribution is -0.0863. The highest BCUT2D eigenvalue weighted by molar-refractivity contribution is 4.87. The Kier molecular flexibility index (Phi) is 3.46. The van der Waals surface area contributed by atoms with Crippen LogP contribution in [0.5, 0.6) is 0 Å². The van der Waals surface area contributed by atoms with Crippen molar-refractivity contribution in [2.45, 2.75) is 24.7 Å². The van der Waals surface area contributed by atoms with Gasteiger partial charge in [-0.05, 0) is 13.5 Å². The second kappa shape index (κ2) is 4.18. The highest BCUT2D eigenvalue weighted by atomic mass is 16.5. The maximum Gasteiger partial charge on any atom is 0.0976 e. The van der Waals surface area contributed by atoms with Gasteiger partial charge in [-0.25, -0.2) is 0 Å². The van der Waals surface area contributed by atoms with Crippen LogP contribution in [0.2, 0.25) is 0 Å². The summed E-state index contributed by atoms with van der Waals surface area (Å²) in [6.07, 6.45) is -0.636. The van der Waals surface area contributed by atoms with Gasteiger partial charge in [0.25, 0.3) is 0 Å². The first-order valence-electron chi connectivity index (χ1n) is 4.22. The van der Waals surface area contributed by atoms with E-state index in [1.54, 1.807) is 7.11 Å². The fraction of sp³-hybridized carbons (Fsp3) is 1.00. The Balaban J connectivity index is 2.52. The van der Waals surface area contributed by atoms with Crippen molar-refractivity contribution in [2.24, 2.45) is 0 Å². The van der Waals surface area contributed by atoms with Gasteiger partial charge in [0.2, 0.25) is 0 Å². The standard InChI is InChI=1S/C8H17NO3/c1-9-4-3-7(10)8(11)6(9)5-12-2/h6-8,10-11H,3-5H2,1-2H3. The first kappa shape index (κ1) is 9.92. The molecule has 3 unspecified atom stereocenters. The molecule has 4 nitrogen and oxygen atoms in total. The molecule has 1 rings (SSSR count). The van der Waals surface area contributed by atoms with Crippen LogP contribution in [-0.4, -0.2) is 60.7 Å². The largest absolute Gasteiger partial charge is 0.390 e. The minimum absolute atomic E-state index is 0.0706. The van der Waals surface area contributed by atoms with E-state index < -0.39 is 12.2 Å². The monoisotopic (exact) mass is 175 g/mol. The number of hydrogen-bond acceptors (Lipinski definition) is 4. The zero-order valence-electron chi connectivity index (χ0n) is 7.60. The molecule has 0 bridgehead atoms. The van der Waals surface area contributed by atoms with E-state index in [9.17, 15) is 10.2 Å². The van der Waals surface area contributed by atoms with Crippen molar-refractivity contribution < 1.29 is 14.9 Å². The molecule has 1 saturated heterocycles. The number of piperidine rings is 1. The predicted molar refractivity (Wildman–Crippen MR) is 44.9 cm³/mol. The summed E-state index contributed by atoms with van der Waals surface area (Å²) < 4.78 is 4.96. The number of aliphatic hydroxyl groups is 2. The van der Waals surface area contributed by atoms with Crippen LogP contribution in [0.3, 0.4) is 0 Å². The average molecular weight is 175 g/mol. The third-order valence-electron chi connectivity index (χ3n) is 2.47. The van der Waals surface area contributed by atoms with Gasteiger partial charge in [-0.1, -0.05) is 0 Å². The second-order valence-corrected chi connectivity index (χ2v) is 3.35. The summed E-state index contributed by atoms with van der Waals surface area (Å²) in [6.45, 7) is 1.28. The summed E-state index contributed by atoms with van der Waals surface area (Å²) in [4.78, 5) is 2.01. The number of rotatable bonds is 2. The Labute approximate surface area is 72.7 Å². The maximum atomic E-state index is 9.57. The minimum Gasteiger partial charge on any atom is -0.390 e. The Morgan fingerprint density at radius 1 is 1.50 bits per heavy atom. The van der Waals surface area contributed by atoms with Gasteiger partial charge in [0.1, 0.15) is 0 Å². The molecule has 0 spiro atoms. The number of ether oxygens (including phenoxy) is 1. The molecule has 2 N–H and O–H groups in total. The normalized spacial score (nSPS) is 38.5. The van der Waals surface area contributed by atoms with E-state index in [2.05, 4.69) is 0 Å². The number of hydrogen-bond donors (Lipinski definition) is 2. The summed E-state index contributed by atoms with van der Waals surface area (Å²) in [5.41, 5.74) is 0. The van der Waals surface area contributed by atoms with Crippen LogP contribution < -0.4 is 0 Å². The summed E-state index contributed by atoms with van der Waals surface area (Å²) in [7, 11) is 3.53. The van der Waals surface area contributed by atoms with Crippen LogP contribution in [0.1, 0.15) is 6.42 Å². The van der Waals surface area contributed by atoms with Crippen molar-refractivity contribution in [1.29, 1.82) is 0 Å². The molecule has 0 saturated carbocycles. The van der Waals surface area contributed by atoms with Gasteiger partial charge in [-0.15, -0.1) is 0 Å². The Morgan fingerprint density at radius 3 is 2.75 bits per heavy atom. The molecule has 0 aromatic rings. The SMILES string of the molecule is COCC1C(O)C(O)CCN1C. The fourth-order valence-corrected chi connectivity index (χ4v) is 1.59. The van der Waals surface area contributed by atoms with Crippen molar-refractivity contribution in [3.63, 3.8) is 0 Å². The number of aliphatic hydroxyl groups excluding tert-OH is 2. The lowest BCUT2D eigenvalue weighted by Gasteiger charge is -2.38. The lowest BCUT2D eigenvalue weighted by Crippen LogP contribution is -2.54. The molecule has 1 fully saturated rings. The van der Waals surface area contributed by atoms with Crippen molar-refractivity contribution in [1.82, 2.24) is 4.90 Å². The number of likely N-dealkylation sites (N-methyl/N-ethyl adjacent to an activating group) is 1. The first-order chi connectivity index (χ1) is 5.66. The average Bonchev–Trinajstić information content (AvgIpc) is 2.06. The van der Waals surface area contributed by atoms with Gasteiger partial charge >= 0.3 is 0 Å². The van der Waals surface area contributed by atoms with E-state index in [1.807, 2.05) is 11.9 Å². The van der Waals surface area contributed by atoms with Crippen molar-refractivity contribution >= 4 is 0 Å². The second-order valence-electron chi connectivity index (χ2n) is 3.35. The third-order valence-corrected chi connectivity index (χ3v) is 2.47. The molecule has 0 amide bonds. The molecule has 0 aliphatic carbocycles. The van der Waals surface area contributed by atoms with Crippen LogP contribution in [0.25, 0.3) is 0 Å².